The number of aromatic carboxylic acids is 1. The first-order chi connectivity index (χ1) is 12.1. The molecule has 0 saturated carbocycles. The van der Waals surface area contributed by atoms with E-state index in [-0.39, 0.29) is 17.7 Å². The van der Waals surface area contributed by atoms with E-state index in [1.165, 1.54) is 12.1 Å². The van der Waals surface area contributed by atoms with Gasteiger partial charge in [-0.05, 0) is 19.1 Å². The van der Waals surface area contributed by atoms with E-state index in [0.29, 0.717) is 11.5 Å². The van der Waals surface area contributed by atoms with Gasteiger partial charge in [-0.3, -0.25) is 4.79 Å². The van der Waals surface area contributed by atoms with Crippen molar-refractivity contribution in [2.45, 2.75) is 13.5 Å². The lowest BCUT2D eigenvalue weighted by molar-refractivity contribution is 0.0691. The number of carboxylic acid groups (broad SMARTS) is 1. The molecule has 0 atom stereocenters. The predicted molar refractivity (Wildman–Crippen MR) is 91.2 cm³/mol. The van der Waals surface area contributed by atoms with Crippen molar-refractivity contribution in [3.05, 3.63) is 77.0 Å². The molecular formula is C19H16N2O4. The Morgan fingerprint density at radius 2 is 1.68 bits per heavy atom. The molecule has 0 aliphatic heterocycles. The highest BCUT2D eigenvalue weighted by atomic mass is 16.5. The van der Waals surface area contributed by atoms with Gasteiger partial charge < -0.3 is 14.9 Å². The molecule has 6 heteroatoms. The highest BCUT2D eigenvalue weighted by Crippen LogP contribution is 2.25. The Bertz CT molecular complexity index is 916. The molecule has 0 bridgehead atoms. The zero-order valence-corrected chi connectivity index (χ0v) is 13.5. The smallest absolute Gasteiger partial charge is 0.336 e. The molecule has 0 unspecified atom stereocenters. The summed E-state index contributed by atoms with van der Waals surface area (Å²) in [5.74, 6) is -1.000. The number of benzene rings is 2. The third kappa shape index (κ3) is 3.42. The van der Waals surface area contributed by atoms with Crippen LogP contribution in [0, 0.1) is 6.92 Å². The summed E-state index contributed by atoms with van der Waals surface area (Å²) in [6.07, 6.45) is 0. The summed E-state index contributed by atoms with van der Waals surface area (Å²) in [4.78, 5) is 23.6. The number of carboxylic acids is 1. The second-order valence-corrected chi connectivity index (χ2v) is 5.47. The van der Waals surface area contributed by atoms with Gasteiger partial charge in [0, 0.05) is 17.7 Å². The summed E-state index contributed by atoms with van der Waals surface area (Å²) in [5, 5.41) is 16.0. The van der Waals surface area contributed by atoms with E-state index >= 15 is 0 Å². The number of carbonyl (C=O) groups excluding carboxylic acids is 1. The SMILES string of the molecule is Cc1onc(-c2ccccc2)c1CNC(=O)c1ccccc1C(=O)O. The van der Waals surface area contributed by atoms with Crippen molar-refractivity contribution in [3.8, 4) is 11.3 Å². The van der Waals surface area contributed by atoms with E-state index in [1.54, 1.807) is 19.1 Å². The zero-order chi connectivity index (χ0) is 17.8. The van der Waals surface area contributed by atoms with Gasteiger partial charge in [0.1, 0.15) is 11.5 Å². The van der Waals surface area contributed by atoms with Crippen molar-refractivity contribution in [1.82, 2.24) is 10.5 Å². The largest absolute Gasteiger partial charge is 0.478 e. The van der Waals surface area contributed by atoms with Gasteiger partial charge in [-0.1, -0.05) is 47.6 Å². The molecular weight excluding hydrogens is 320 g/mol. The normalized spacial score (nSPS) is 10.4. The van der Waals surface area contributed by atoms with Gasteiger partial charge in [-0.2, -0.15) is 0 Å². The highest BCUT2D eigenvalue weighted by molar-refractivity contribution is 6.04. The van der Waals surface area contributed by atoms with Crippen LogP contribution in [0.25, 0.3) is 11.3 Å². The summed E-state index contributed by atoms with van der Waals surface area (Å²) in [6, 6.07) is 15.6. The first kappa shape index (κ1) is 16.4. The quantitative estimate of drug-likeness (QED) is 0.746. The van der Waals surface area contributed by atoms with Crippen molar-refractivity contribution in [2.24, 2.45) is 0 Å². The maximum absolute atomic E-state index is 12.4. The minimum absolute atomic E-state index is 0.0367. The lowest BCUT2D eigenvalue weighted by Crippen LogP contribution is -2.25. The molecule has 0 radical (unpaired) electrons. The number of hydrogen-bond acceptors (Lipinski definition) is 4. The number of hydrogen-bond donors (Lipinski definition) is 2. The van der Waals surface area contributed by atoms with Crippen LogP contribution < -0.4 is 5.32 Å². The number of nitrogens with one attached hydrogen (secondary N) is 1. The van der Waals surface area contributed by atoms with Crippen molar-refractivity contribution >= 4 is 11.9 Å². The summed E-state index contributed by atoms with van der Waals surface area (Å²) < 4.78 is 5.25. The monoisotopic (exact) mass is 336 g/mol. The Morgan fingerprint density at radius 3 is 2.36 bits per heavy atom. The van der Waals surface area contributed by atoms with Crippen LogP contribution in [-0.4, -0.2) is 22.1 Å². The van der Waals surface area contributed by atoms with E-state index in [1.807, 2.05) is 30.3 Å². The minimum Gasteiger partial charge on any atom is -0.478 e. The third-order valence-corrected chi connectivity index (χ3v) is 3.86. The summed E-state index contributed by atoms with van der Waals surface area (Å²) >= 11 is 0. The first-order valence-electron chi connectivity index (χ1n) is 7.69. The predicted octanol–water partition coefficient (Wildman–Crippen LogP) is 3.28. The number of carbonyl (C=O) groups is 2. The van der Waals surface area contributed by atoms with Crippen LogP contribution in [-0.2, 0) is 6.54 Å². The maximum Gasteiger partial charge on any atom is 0.336 e. The van der Waals surface area contributed by atoms with Gasteiger partial charge in [0.2, 0.25) is 0 Å². The Kier molecular flexibility index (Phi) is 4.61. The molecule has 0 fully saturated rings. The number of rotatable bonds is 5. The molecule has 1 amide bonds. The molecule has 0 spiro atoms. The summed E-state index contributed by atoms with van der Waals surface area (Å²) in [6.45, 7) is 1.96. The zero-order valence-electron chi connectivity index (χ0n) is 13.5. The molecule has 0 saturated heterocycles. The lowest BCUT2D eigenvalue weighted by atomic mass is 10.1. The van der Waals surface area contributed by atoms with E-state index in [4.69, 9.17) is 4.52 Å². The van der Waals surface area contributed by atoms with Crippen LogP contribution in [0.2, 0.25) is 0 Å². The Labute approximate surface area is 144 Å². The average molecular weight is 336 g/mol. The second-order valence-electron chi connectivity index (χ2n) is 5.47. The van der Waals surface area contributed by atoms with Crippen LogP contribution in [0.4, 0.5) is 0 Å². The highest BCUT2D eigenvalue weighted by Gasteiger charge is 2.18. The molecule has 2 N–H and O–H groups in total. The van der Waals surface area contributed by atoms with Crippen molar-refractivity contribution < 1.29 is 19.2 Å². The van der Waals surface area contributed by atoms with E-state index < -0.39 is 11.9 Å². The topological polar surface area (TPSA) is 92.4 Å². The van der Waals surface area contributed by atoms with Crippen LogP contribution in [0.5, 0.6) is 0 Å². The molecule has 3 aromatic rings. The van der Waals surface area contributed by atoms with Crippen LogP contribution in [0.1, 0.15) is 32.0 Å². The molecule has 0 aliphatic carbocycles. The molecule has 126 valence electrons. The number of aryl methyl sites for hydroxylation is 1. The van der Waals surface area contributed by atoms with Gasteiger partial charge >= 0.3 is 5.97 Å². The van der Waals surface area contributed by atoms with Gasteiger partial charge in [0.25, 0.3) is 5.91 Å². The minimum atomic E-state index is -1.14. The third-order valence-electron chi connectivity index (χ3n) is 3.86. The van der Waals surface area contributed by atoms with Crippen molar-refractivity contribution in [1.29, 1.82) is 0 Å². The average Bonchev–Trinajstić information content (AvgIpc) is 3.01. The molecule has 25 heavy (non-hydrogen) atoms. The number of nitrogens with zero attached hydrogens (tertiary/aromatic N) is 1. The van der Waals surface area contributed by atoms with Gasteiger partial charge in [0.15, 0.2) is 0 Å². The standard InChI is InChI=1S/C19H16N2O4/c1-12-16(17(21-25-12)13-7-3-2-4-8-13)11-20-18(22)14-9-5-6-10-15(14)19(23)24/h2-10H,11H2,1H3,(H,20,22)(H,23,24). The second kappa shape index (κ2) is 7.00. The van der Waals surface area contributed by atoms with Crippen molar-refractivity contribution in [3.63, 3.8) is 0 Å². The Morgan fingerprint density at radius 1 is 1.04 bits per heavy atom. The Hall–Kier alpha value is -3.41. The first-order valence-corrected chi connectivity index (χ1v) is 7.69. The van der Waals surface area contributed by atoms with E-state index in [0.717, 1.165) is 11.1 Å². The fourth-order valence-corrected chi connectivity index (χ4v) is 2.55. The van der Waals surface area contributed by atoms with Crippen LogP contribution >= 0.6 is 0 Å². The van der Waals surface area contributed by atoms with Gasteiger partial charge in [-0.25, -0.2) is 4.79 Å². The van der Waals surface area contributed by atoms with E-state index in [2.05, 4.69) is 10.5 Å². The summed E-state index contributed by atoms with van der Waals surface area (Å²) in [7, 11) is 0. The molecule has 0 aliphatic rings. The molecule has 1 aromatic heterocycles. The lowest BCUT2D eigenvalue weighted by Gasteiger charge is -2.08. The fraction of sp³-hybridized carbons (Fsp3) is 0.105. The molecule has 3 rings (SSSR count). The molecule has 1 heterocycles. The number of aromatic nitrogens is 1. The molecule has 2 aromatic carbocycles. The van der Waals surface area contributed by atoms with E-state index in [9.17, 15) is 14.7 Å². The van der Waals surface area contributed by atoms with Gasteiger partial charge in [-0.15, -0.1) is 0 Å². The van der Waals surface area contributed by atoms with Crippen LogP contribution in [0.15, 0.2) is 59.1 Å². The fourth-order valence-electron chi connectivity index (χ4n) is 2.55. The maximum atomic E-state index is 12.4. The number of amides is 1. The van der Waals surface area contributed by atoms with Gasteiger partial charge in [0.05, 0.1) is 11.1 Å². The Balaban J connectivity index is 1.82. The van der Waals surface area contributed by atoms with Crippen LogP contribution in [0.3, 0.4) is 0 Å². The summed E-state index contributed by atoms with van der Waals surface area (Å²) in [5.41, 5.74) is 2.38. The molecule has 6 nitrogen and oxygen atoms in total. The van der Waals surface area contributed by atoms with Crippen molar-refractivity contribution in [2.75, 3.05) is 0 Å².